The number of nitrogens with one attached hydrogen (secondary N) is 2. The summed E-state index contributed by atoms with van der Waals surface area (Å²) in [5, 5.41) is 14.1. The number of benzene rings is 1. The van der Waals surface area contributed by atoms with Gasteiger partial charge in [-0.2, -0.15) is 0 Å². The Morgan fingerprint density at radius 3 is 2.59 bits per heavy atom. The summed E-state index contributed by atoms with van der Waals surface area (Å²) in [7, 11) is 0. The lowest BCUT2D eigenvalue weighted by Crippen LogP contribution is -2.44. The van der Waals surface area contributed by atoms with Gasteiger partial charge in [-0.05, 0) is 37.3 Å². The fraction of sp³-hybridized carbons (Fsp3) is 0.550. The van der Waals surface area contributed by atoms with Gasteiger partial charge in [-0.25, -0.2) is 4.79 Å². The van der Waals surface area contributed by atoms with Crippen molar-refractivity contribution in [3.63, 3.8) is 0 Å². The van der Waals surface area contributed by atoms with Crippen LogP contribution in [-0.4, -0.2) is 47.0 Å². The van der Waals surface area contributed by atoms with E-state index in [4.69, 9.17) is 5.11 Å². The average molecular weight is 373 g/mol. The molecule has 1 saturated carbocycles. The largest absolute Gasteiger partial charge is 0.465 e. The molecule has 3 N–H and O–H groups in total. The standard InChI is InChI=1S/C20H27N3O4/c24-18(22-14-8-2-1-3-9-14)17-15-10-4-5-11-16(15)19(25)23(17)13-7-6-12-21-20(26)27/h4-5,10-11,14,17,21H,1-3,6-9,12-13H2,(H,22,24)(H,26,27). The van der Waals surface area contributed by atoms with Gasteiger partial charge in [0.2, 0.25) is 5.91 Å². The van der Waals surface area contributed by atoms with Gasteiger partial charge in [-0.15, -0.1) is 0 Å². The number of carbonyl (C=O) groups excluding carboxylic acids is 2. The Kier molecular flexibility index (Phi) is 6.32. The minimum Gasteiger partial charge on any atom is -0.465 e. The van der Waals surface area contributed by atoms with Crippen molar-refractivity contribution in [3.05, 3.63) is 35.4 Å². The number of carboxylic acid groups (broad SMARTS) is 1. The van der Waals surface area contributed by atoms with Crippen molar-refractivity contribution >= 4 is 17.9 Å². The van der Waals surface area contributed by atoms with Crippen LogP contribution in [0.2, 0.25) is 0 Å². The normalized spacial score (nSPS) is 19.6. The predicted molar refractivity (Wildman–Crippen MR) is 100 cm³/mol. The average Bonchev–Trinajstić information content (AvgIpc) is 2.94. The molecule has 1 aromatic rings. The van der Waals surface area contributed by atoms with Gasteiger partial charge >= 0.3 is 6.09 Å². The lowest BCUT2D eigenvalue weighted by atomic mass is 9.95. The smallest absolute Gasteiger partial charge is 0.404 e. The third-order valence-electron chi connectivity index (χ3n) is 5.36. The third kappa shape index (κ3) is 4.59. The topological polar surface area (TPSA) is 98.7 Å². The van der Waals surface area contributed by atoms with Crippen molar-refractivity contribution in [3.8, 4) is 0 Å². The molecule has 1 aliphatic heterocycles. The number of hydrogen-bond acceptors (Lipinski definition) is 3. The second-order valence-electron chi connectivity index (χ2n) is 7.27. The molecule has 3 amide bonds. The van der Waals surface area contributed by atoms with Crippen LogP contribution < -0.4 is 10.6 Å². The van der Waals surface area contributed by atoms with Crippen molar-refractivity contribution in [2.24, 2.45) is 0 Å². The molecule has 0 spiro atoms. The summed E-state index contributed by atoms with van der Waals surface area (Å²) in [6, 6.07) is 6.88. The minimum absolute atomic E-state index is 0.108. The summed E-state index contributed by atoms with van der Waals surface area (Å²) in [6.07, 6.45) is 5.66. The number of amides is 3. The van der Waals surface area contributed by atoms with Gasteiger partial charge in [-0.1, -0.05) is 37.5 Å². The SMILES string of the molecule is O=C(O)NCCCCN1C(=O)c2ccccc2C1C(=O)NC1CCCCC1. The first-order valence-corrected chi connectivity index (χ1v) is 9.75. The molecule has 1 aromatic carbocycles. The highest BCUT2D eigenvalue weighted by molar-refractivity contribution is 6.04. The number of rotatable bonds is 7. The first kappa shape index (κ1) is 19.2. The first-order chi connectivity index (χ1) is 13.1. The lowest BCUT2D eigenvalue weighted by molar-refractivity contribution is -0.126. The molecule has 1 fully saturated rings. The second-order valence-corrected chi connectivity index (χ2v) is 7.27. The second kappa shape index (κ2) is 8.88. The molecule has 1 atom stereocenters. The zero-order chi connectivity index (χ0) is 19.2. The highest BCUT2D eigenvalue weighted by Gasteiger charge is 2.40. The van der Waals surface area contributed by atoms with Gasteiger partial charge in [-0.3, -0.25) is 9.59 Å². The summed E-state index contributed by atoms with van der Waals surface area (Å²) < 4.78 is 0. The minimum atomic E-state index is -1.05. The molecule has 3 rings (SSSR count). The molecular formula is C20H27N3O4. The van der Waals surface area contributed by atoms with Crippen LogP contribution in [0.3, 0.4) is 0 Å². The van der Waals surface area contributed by atoms with Crippen LogP contribution in [0.5, 0.6) is 0 Å². The van der Waals surface area contributed by atoms with E-state index in [9.17, 15) is 14.4 Å². The lowest BCUT2D eigenvalue weighted by Gasteiger charge is -2.28. The van der Waals surface area contributed by atoms with Crippen molar-refractivity contribution in [2.45, 2.75) is 57.0 Å². The molecule has 1 unspecified atom stereocenters. The molecule has 27 heavy (non-hydrogen) atoms. The molecule has 7 heteroatoms. The molecule has 1 aliphatic carbocycles. The van der Waals surface area contributed by atoms with Crippen LogP contribution in [-0.2, 0) is 4.79 Å². The summed E-state index contributed by atoms with van der Waals surface area (Å²) in [5.74, 6) is -0.232. The Labute approximate surface area is 159 Å². The summed E-state index contributed by atoms with van der Waals surface area (Å²) in [5.41, 5.74) is 1.35. The van der Waals surface area contributed by atoms with Crippen molar-refractivity contribution in [2.75, 3.05) is 13.1 Å². The van der Waals surface area contributed by atoms with Crippen molar-refractivity contribution < 1.29 is 19.5 Å². The molecule has 0 bridgehead atoms. The zero-order valence-electron chi connectivity index (χ0n) is 15.4. The van der Waals surface area contributed by atoms with Crippen LogP contribution in [0.1, 0.15) is 66.9 Å². The number of hydrogen-bond donors (Lipinski definition) is 3. The molecule has 146 valence electrons. The molecule has 0 aromatic heterocycles. The fourth-order valence-corrected chi connectivity index (χ4v) is 4.01. The Hall–Kier alpha value is -2.57. The van der Waals surface area contributed by atoms with E-state index in [1.165, 1.54) is 6.42 Å². The van der Waals surface area contributed by atoms with Crippen LogP contribution >= 0.6 is 0 Å². The number of carbonyl (C=O) groups is 3. The van der Waals surface area contributed by atoms with Crippen molar-refractivity contribution in [1.29, 1.82) is 0 Å². The molecular weight excluding hydrogens is 346 g/mol. The van der Waals surface area contributed by atoms with Crippen LogP contribution in [0.25, 0.3) is 0 Å². The maximum atomic E-state index is 13.0. The zero-order valence-corrected chi connectivity index (χ0v) is 15.4. The maximum Gasteiger partial charge on any atom is 0.404 e. The maximum absolute atomic E-state index is 13.0. The molecule has 7 nitrogen and oxygen atoms in total. The molecule has 0 saturated heterocycles. The van der Waals surface area contributed by atoms with Crippen LogP contribution in [0, 0.1) is 0 Å². The Bertz CT molecular complexity index is 700. The Balaban J connectivity index is 1.67. The Morgan fingerprint density at radius 1 is 1.11 bits per heavy atom. The van der Waals surface area contributed by atoms with E-state index in [1.807, 2.05) is 18.2 Å². The van der Waals surface area contributed by atoms with Crippen LogP contribution in [0.15, 0.2) is 24.3 Å². The predicted octanol–water partition coefficient (Wildman–Crippen LogP) is 2.68. The molecule has 0 radical (unpaired) electrons. The van der Waals surface area contributed by atoms with Gasteiger partial charge in [0.25, 0.3) is 5.91 Å². The van der Waals surface area contributed by atoms with Crippen LogP contribution in [0.4, 0.5) is 4.79 Å². The van der Waals surface area contributed by atoms with Gasteiger partial charge in [0, 0.05) is 24.7 Å². The Morgan fingerprint density at radius 2 is 1.85 bits per heavy atom. The number of unbranched alkanes of at least 4 members (excludes halogenated alkanes) is 1. The number of nitrogens with zero attached hydrogens (tertiary/aromatic N) is 1. The van der Waals surface area contributed by atoms with E-state index < -0.39 is 12.1 Å². The van der Waals surface area contributed by atoms with E-state index >= 15 is 0 Å². The number of fused-ring (bicyclic) bond motifs is 1. The van der Waals surface area contributed by atoms with Gasteiger partial charge in [0.05, 0.1) is 0 Å². The highest BCUT2D eigenvalue weighted by Crippen LogP contribution is 2.34. The fourth-order valence-electron chi connectivity index (χ4n) is 4.01. The first-order valence-electron chi connectivity index (χ1n) is 9.75. The highest BCUT2D eigenvalue weighted by atomic mass is 16.4. The molecule has 2 aliphatic rings. The quantitative estimate of drug-likeness (QED) is 0.640. The van der Waals surface area contributed by atoms with Gasteiger partial charge in [0.15, 0.2) is 0 Å². The van der Waals surface area contributed by atoms with Gasteiger partial charge < -0.3 is 20.6 Å². The van der Waals surface area contributed by atoms with E-state index in [0.29, 0.717) is 31.5 Å². The summed E-state index contributed by atoms with van der Waals surface area (Å²) >= 11 is 0. The summed E-state index contributed by atoms with van der Waals surface area (Å²) in [4.78, 5) is 38.0. The summed E-state index contributed by atoms with van der Waals surface area (Å²) in [6.45, 7) is 0.765. The van der Waals surface area contributed by atoms with E-state index in [0.717, 1.165) is 31.2 Å². The molecule has 1 heterocycles. The van der Waals surface area contributed by atoms with E-state index in [2.05, 4.69) is 10.6 Å². The van der Waals surface area contributed by atoms with E-state index in [-0.39, 0.29) is 17.9 Å². The third-order valence-corrected chi connectivity index (χ3v) is 5.36. The van der Waals surface area contributed by atoms with E-state index in [1.54, 1.807) is 11.0 Å². The monoisotopic (exact) mass is 373 g/mol. The van der Waals surface area contributed by atoms with Crippen molar-refractivity contribution in [1.82, 2.24) is 15.5 Å². The van der Waals surface area contributed by atoms with Gasteiger partial charge in [0.1, 0.15) is 6.04 Å².